The minimum absolute atomic E-state index is 0.0978. The molecule has 2 aromatic rings. The lowest BCUT2D eigenvalue weighted by Crippen LogP contribution is -2.47. The largest absolute Gasteiger partial charge is 0.493 e. The molecule has 0 fully saturated rings. The summed E-state index contributed by atoms with van der Waals surface area (Å²) < 4.78 is 18.9. The maximum absolute atomic E-state index is 13.3. The third-order valence-electron chi connectivity index (χ3n) is 5.78. The highest BCUT2D eigenvalue weighted by atomic mass is 32.2. The molecule has 1 aromatic heterocycles. The van der Waals surface area contributed by atoms with Crippen LogP contribution in [0.1, 0.15) is 69.1 Å². The van der Waals surface area contributed by atoms with E-state index in [-0.39, 0.29) is 17.6 Å². The van der Waals surface area contributed by atoms with Crippen molar-refractivity contribution < 1.29 is 18.7 Å². The molecule has 1 unspecified atom stereocenters. The van der Waals surface area contributed by atoms with Crippen LogP contribution < -0.4 is 20.7 Å². The van der Waals surface area contributed by atoms with Crippen LogP contribution in [0.25, 0.3) is 0 Å². The van der Waals surface area contributed by atoms with Crippen molar-refractivity contribution >= 4 is 23.6 Å². The number of halogens is 1. The summed E-state index contributed by atoms with van der Waals surface area (Å²) in [5.74, 6) is 0.847. The number of carbonyl (C=O) groups excluding carboxylic acids is 2. The van der Waals surface area contributed by atoms with Crippen LogP contribution in [-0.4, -0.2) is 55.0 Å². The van der Waals surface area contributed by atoms with E-state index in [1.807, 2.05) is 39.5 Å². The predicted octanol–water partition coefficient (Wildman–Crippen LogP) is 5.20. The fourth-order valence-corrected chi connectivity index (χ4v) is 4.19. The average Bonchev–Trinajstić information content (AvgIpc) is 2.91. The van der Waals surface area contributed by atoms with Crippen molar-refractivity contribution in [2.75, 3.05) is 32.2 Å². The van der Waals surface area contributed by atoms with E-state index in [9.17, 15) is 14.0 Å². The second-order valence-corrected chi connectivity index (χ2v) is 10.4. The fourth-order valence-electron chi connectivity index (χ4n) is 3.72. The Morgan fingerprint density at radius 1 is 1.08 bits per heavy atom. The lowest BCUT2D eigenvalue weighted by atomic mass is 10.1. The van der Waals surface area contributed by atoms with Gasteiger partial charge in [-0.25, -0.2) is 4.39 Å². The molecule has 2 rings (SSSR count). The van der Waals surface area contributed by atoms with Crippen molar-refractivity contribution in [3.8, 4) is 5.75 Å². The van der Waals surface area contributed by atoms with Gasteiger partial charge in [-0.2, -0.15) is 11.8 Å². The molecule has 39 heavy (non-hydrogen) atoms. The van der Waals surface area contributed by atoms with E-state index in [0.29, 0.717) is 31.7 Å². The summed E-state index contributed by atoms with van der Waals surface area (Å²) in [6, 6.07) is 6.35. The Kier molecular flexibility index (Phi) is 18.7. The number of nitrogens with zero attached hydrogens (tertiary/aromatic N) is 1. The van der Waals surface area contributed by atoms with E-state index >= 15 is 0 Å². The highest BCUT2D eigenvalue weighted by Crippen LogP contribution is 2.16. The Morgan fingerprint density at radius 3 is 2.51 bits per heavy atom. The van der Waals surface area contributed by atoms with Gasteiger partial charge in [0.25, 0.3) is 0 Å². The molecule has 218 valence electrons. The summed E-state index contributed by atoms with van der Waals surface area (Å²) in [5.41, 5.74) is 3.38. The van der Waals surface area contributed by atoms with Gasteiger partial charge in [0.2, 0.25) is 11.8 Å². The summed E-state index contributed by atoms with van der Waals surface area (Å²) in [6.45, 7) is 7.97. The lowest BCUT2D eigenvalue weighted by molar-refractivity contribution is -0.129. The number of unbranched alkanes of at least 4 members (excludes halogenated alkanes) is 2. The van der Waals surface area contributed by atoms with E-state index in [2.05, 4.69) is 33.9 Å². The fraction of sp³-hybridized carbons (Fsp3) is 0.567. The van der Waals surface area contributed by atoms with Crippen LogP contribution in [0, 0.1) is 12.7 Å². The van der Waals surface area contributed by atoms with Crippen LogP contribution in [-0.2, 0) is 22.6 Å². The summed E-state index contributed by atoms with van der Waals surface area (Å²) in [4.78, 5) is 28.5. The van der Waals surface area contributed by atoms with Gasteiger partial charge in [-0.3, -0.25) is 14.6 Å². The number of amides is 2. The first-order chi connectivity index (χ1) is 18.8. The van der Waals surface area contributed by atoms with Crippen LogP contribution in [0.2, 0.25) is 0 Å². The standard InChI is InChI=1S/C21H33FN2O3S.C9H14N2/c1-4-10-23-21(26)19(9-12-28-3)24-20(25)8-6-5-7-11-27-18-14-16(2)13-17(22)15-18;1-3-8-4-9(5-10-2)7-11-6-8/h13-15,19H,4-12H2,1-3H3,(H,23,26)(H,24,25);4,6-7,10H,3,5H2,1-2H3. The lowest BCUT2D eigenvalue weighted by Gasteiger charge is -2.18. The highest BCUT2D eigenvalue weighted by molar-refractivity contribution is 7.98. The van der Waals surface area contributed by atoms with Crippen molar-refractivity contribution in [1.29, 1.82) is 0 Å². The van der Waals surface area contributed by atoms with Gasteiger partial charge < -0.3 is 20.7 Å². The van der Waals surface area contributed by atoms with E-state index in [1.54, 1.807) is 17.8 Å². The third-order valence-corrected chi connectivity index (χ3v) is 6.43. The molecule has 1 heterocycles. The van der Waals surface area contributed by atoms with Gasteiger partial charge in [0, 0.05) is 38.0 Å². The molecular weight excluding hydrogens is 515 g/mol. The number of nitrogens with one attached hydrogen (secondary N) is 3. The molecule has 2 amide bonds. The number of pyridine rings is 1. The maximum atomic E-state index is 13.3. The Morgan fingerprint density at radius 2 is 1.85 bits per heavy atom. The van der Waals surface area contributed by atoms with Gasteiger partial charge in [0.1, 0.15) is 17.6 Å². The van der Waals surface area contributed by atoms with Gasteiger partial charge in [-0.05, 0) is 93.3 Å². The zero-order chi connectivity index (χ0) is 28.9. The maximum Gasteiger partial charge on any atom is 0.242 e. The molecule has 0 saturated heterocycles. The molecule has 0 bridgehead atoms. The quantitative estimate of drug-likeness (QED) is 0.230. The zero-order valence-corrected chi connectivity index (χ0v) is 25.1. The molecule has 1 atom stereocenters. The number of carbonyl (C=O) groups is 2. The zero-order valence-electron chi connectivity index (χ0n) is 24.3. The van der Waals surface area contributed by atoms with Crippen LogP contribution in [0.15, 0.2) is 36.7 Å². The third kappa shape index (κ3) is 16.1. The Balaban J connectivity index is 0.000000573. The summed E-state index contributed by atoms with van der Waals surface area (Å²) in [5, 5.41) is 8.80. The Hall–Kier alpha value is -2.65. The second kappa shape index (κ2) is 21.2. The molecule has 0 aliphatic heterocycles. The van der Waals surface area contributed by atoms with Gasteiger partial charge in [-0.1, -0.05) is 19.9 Å². The van der Waals surface area contributed by atoms with Gasteiger partial charge in [0.05, 0.1) is 6.61 Å². The first-order valence-electron chi connectivity index (χ1n) is 13.9. The normalized spacial score (nSPS) is 11.2. The summed E-state index contributed by atoms with van der Waals surface area (Å²) in [6.07, 6.45) is 11.1. The van der Waals surface area contributed by atoms with Crippen molar-refractivity contribution in [2.24, 2.45) is 0 Å². The first kappa shape index (κ1) is 34.4. The molecule has 1 aromatic carbocycles. The topological polar surface area (TPSA) is 92.4 Å². The molecule has 3 N–H and O–H groups in total. The number of aryl methyl sites for hydroxylation is 2. The smallest absolute Gasteiger partial charge is 0.242 e. The van der Waals surface area contributed by atoms with Crippen LogP contribution in [0.4, 0.5) is 4.39 Å². The molecule has 9 heteroatoms. The number of thioether (sulfide) groups is 1. The number of aromatic nitrogens is 1. The average molecular weight is 563 g/mol. The summed E-state index contributed by atoms with van der Waals surface area (Å²) in [7, 11) is 1.94. The van der Waals surface area contributed by atoms with Crippen molar-refractivity contribution in [3.05, 3.63) is 59.2 Å². The van der Waals surface area contributed by atoms with Crippen LogP contribution in [0.3, 0.4) is 0 Å². The van der Waals surface area contributed by atoms with Crippen molar-refractivity contribution in [3.63, 3.8) is 0 Å². The molecular formula is C30H47FN4O3S. The van der Waals surface area contributed by atoms with Gasteiger partial charge in [-0.15, -0.1) is 0 Å². The van der Waals surface area contributed by atoms with Crippen LogP contribution in [0.5, 0.6) is 5.75 Å². The predicted molar refractivity (Wildman–Crippen MR) is 160 cm³/mol. The van der Waals surface area contributed by atoms with E-state index in [1.165, 1.54) is 23.3 Å². The molecule has 0 aliphatic rings. The minimum atomic E-state index is -0.467. The number of ether oxygens (including phenoxy) is 1. The molecule has 7 nitrogen and oxygen atoms in total. The molecule has 0 saturated carbocycles. The highest BCUT2D eigenvalue weighted by Gasteiger charge is 2.19. The SMILES string of the molecule is CCCNC(=O)C(CCSC)NC(=O)CCCCCOc1cc(C)cc(F)c1.CCc1cncc(CNC)c1. The molecule has 0 aliphatic carbocycles. The minimum Gasteiger partial charge on any atom is -0.493 e. The molecule has 0 radical (unpaired) electrons. The van der Waals surface area contributed by atoms with E-state index in [0.717, 1.165) is 50.0 Å². The number of benzene rings is 1. The number of hydrogen-bond donors (Lipinski definition) is 3. The van der Waals surface area contributed by atoms with E-state index in [4.69, 9.17) is 4.74 Å². The number of rotatable bonds is 17. The summed E-state index contributed by atoms with van der Waals surface area (Å²) >= 11 is 1.66. The van der Waals surface area contributed by atoms with Gasteiger partial charge in [0.15, 0.2) is 0 Å². The number of hydrogen-bond acceptors (Lipinski definition) is 6. The van der Waals surface area contributed by atoms with Crippen molar-refractivity contribution in [2.45, 2.75) is 78.3 Å². The monoisotopic (exact) mass is 562 g/mol. The van der Waals surface area contributed by atoms with Gasteiger partial charge >= 0.3 is 0 Å². The molecule has 0 spiro atoms. The first-order valence-corrected chi connectivity index (χ1v) is 15.3. The second-order valence-electron chi connectivity index (χ2n) is 9.40. The van der Waals surface area contributed by atoms with Crippen LogP contribution >= 0.6 is 11.8 Å². The van der Waals surface area contributed by atoms with Crippen molar-refractivity contribution in [1.82, 2.24) is 20.9 Å². The Bertz CT molecular complexity index is 957. The Labute approximate surface area is 238 Å². The van der Waals surface area contributed by atoms with E-state index < -0.39 is 6.04 Å².